The minimum atomic E-state index is -0.360. The quantitative estimate of drug-likeness (QED) is 0.728. The number of amides is 1. The molecule has 1 aliphatic heterocycles. The van der Waals surface area contributed by atoms with Crippen molar-refractivity contribution < 1.29 is 14.3 Å². The highest BCUT2D eigenvalue weighted by atomic mass is 16.5. The molecule has 2 aromatic rings. The first kappa shape index (κ1) is 21.1. The van der Waals surface area contributed by atoms with Crippen LogP contribution in [0, 0.1) is 11.3 Å². The van der Waals surface area contributed by atoms with Crippen LogP contribution in [0.2, 0.25) is 0 Å². The van der Waals surface area contributed by atoms with Crippen molar-refractivity contribution in [2.45, 2.75) is 50.2 Å². The molecule has 0 spiro atoms. The standard InChI is InChI=1S/C25H27N3O3/c1-31-24(30)20-9-11-21(12-10-20)25(13-14-25)27-23(29)22-4-2-3-15-28(22)17-19-7-5-18(16-26)6-8-19/h5-12,22H,2-4,13-15,17H2,1H3,(H,27,29)/t22-/m1/s1. The maximum Gasteiger partial charge on any atom is 0.337 e. The van der Waals surface area contributed by atoms with E-state index in [1.54, 1.807) is 12.1 Å². The van der Waals surface area contributed by atoms with E-state index >= 15 is 0 Å². The van der Waals surface area contributed by atoms with Gasteiger partial charge < -0.3 is 10.1 Å². The van der Waals surface area contributed by atoms with Crippen molar-refractivity contribution in [1.29, 1.82) is 5.26 Å². The van der Waals surface area contributed by atoms with Gasteiger partial charge in [-0.25, -0.2) is 4.79 Å². The Morgan fingerprint density at radius 1 is 1.13 bits per heavy atom. The lowest BCUT2D eigenvalue weighted by atomic mass is 9.98. The summed E-state index contributed by atoms with van der Waals surface area (Å²) in [6, 6.07) is 16.9. The lowest BCUT2D eigenvalue weighted by Crippen LogP contribution is -2.51. The molecule has 4 rings (SSSR count). The molecular formula is C25H27N3O3. The molecular weight excluding hydrogens is 390 g/mol. The van der Waals surface area contributed by atoms with Crippen LogP contribution < -0.4 is 5.32 Å². The minimum absolute atomic E-state index is 0.0721. The van der Waals surface area contributed by atoms with E-state index in [1.807, 2.05) is 36.4 Å². The third-order valence-corrected chi connectivity index (χ3v) is 6.36. The zero-order chi connectivity index (χ0) is 21.8. The predicted molar refractivity (Wildman–Crippen MR) is 116 cm³/mol. The molecule has 2 aromatic carbocycles. The van der Waals surface area contributed by atoms with E-state index in [1.165, 1.54) is 7.11 Å². The first-order valence-corrected chi connectivity index (χ1v) is 10.8. The second kappa shape index (κ2) is 8.91. The number of likely N-dealkylation sites (tertiary alicyclic amines) is 1. The molecule has 6 heteroatoms. The molecule has 6 nitrogen and oxygen atoms in total. The van der Waals surface area contributed by atoms with Crippen LogP contribution >= 0.6 is 0 Å². The number of nitrogens with one attached hydrogen (secondary N) is 1. The number of carbonyl (C=O) groups excluding carboxylic acids is 2. The van der Waals surface area contributed by atoms with E-state index in [4.69, 9.17) is 10.00 Å². The second-order valence-electron chi connectivity index (χ2n) is 8.43. The molecule has 1 saturated heterocycles. The Balaban J connectivity index is 1.44. The zero-order valence-corrected chi connectivity index (χ0v) is 17.8. The summed E-state index contributed by atoms with van der Waals surface area (Å²) >= 11 is 0. The van der Waals surface area contributed by atoms with Crippen molar-refractivity contribution in [3.63, 3.8) is 0 Å². The smallest absolute Gasteiger partial charge is 0.337 e. The highest BCUT2D eigenvalue weighted by Crippen LogP contribution is 2.45. The molecule has 2 aliphatic rings. The first-order valence-electron chi connectivity index (χ1n) is 10.8. The van der Waals surface area contributed by atoms with Gasteiger partial charge in [0.15, 0.2) is 0 Å². The van der Waals surface area contributed by atoms with Gasteiger partial charge in [-0.3, -0.25) is 9.69 Å². The van der Waals surface area contributed by atoms with Gasteiger partial charge in [0, 0.05) is 6.54 Å². The lowest BCUT2D eigenvalue weighted by molar-refractivity contribution is -0.129. The van der Waals surface area contributed by atoms with Crippen LogP contribution in [0.3, 0.4) is 0 Å². The number of carbonyl (C=O) groups is 2. The van der Waals surface area contributed by atoms with Crippen LogP contribution in [0.4, 0.5) is 0 Å². The minimum Gasteiger partial charge on any atom is -0.465 e. The van der Waals surface area contributed by atoms with E-state index in [0.29, 0.717) is 17.7 Å². The van der Waals surface area contributed by atoms with Gasteiger partial charge in [-0.2, -0.15) is 5.26 Å². The van der Waals surface area contributed by atoms with E-state index in [2.05, 4.69) is 16.3 Å². The summed E-state index contributed by atoms with van der Waals surface area (Å²) in [5, 5.41) is 12.3. The highest BCUT2D eigenvalue weighted by molar-refractivity contribution is 5.89. The average molecular weight is 418 g/mol. The van der Waals surface area contributed by atoms with Gasteiger partial charge in [0.25, 0.3) is 0 Å². The summed E-state index contributed by atoms with van der Waals surface area (Å²) in [7, 11) is 1.37. The number of hydrogen-bond donors (Lipinski definition) is 1. The fourth-order valence-corrected chi connectivity index (χ4v) is 4.37. The SMILES string of the molecule is COC(=O)c1ccc(C2(NC(=O)[C@H]3CCCCN3Cc3ccc(C#N)cc3)CC2)cc1. The summed E-state index contributed by atoms with van der Waals surface area (Å²) in [5.41, 5.74) is 2.96. The van der Waals surface area contributed by atoms with Gasteiger partial charge in [0.2, 0.25) is 5.91 Å². The number of benzene rings is 2. The van der Waals surface area contributed by atoms with Crippen LogP contribution in [0.15, 0.2) is 48.5 Å². The van der Waals surface area contributed by atoms with Crippen molar-refractivity contribution in [2.75, 3.05) is 13.7 Å². The number of nitriles is 1. The van der Waals surface area contributed by atoms with Crippen LogP contribution in [0.1, 0.15) is 59.2 Å². The number of rotatable bonds is 6. The molecule has 0 bridgehead atoms. The maximum absolute atomic E-state index is 13.3. The maximum atomic E-state index is 13.3. The molecule has 0 aromatic heterocycles. The highest BCUT2D eigenvalue weighted by Gasteiger charge is 2.47. The van der Waals surface area contributed by atoms with Crippen molar-refractivity contribution in [2.24, 2.45) is 0 Å². The Morgan fingerprint density at radius 2 is 1.84 bits per heavy atom. The molecule has 1 amide bonds. The summed E-state index contributed by atoms with van der Waals surface area (Å²) in [5.74, 6) is -0.288. The van der Waals surface area contributed by atoms with E-state index in [9.17, 15) is 9.59 Å². The molecule has 160 valence electrons. The van der Waals surface area contributed by atoms with Crippen molar-refractivity contribution in [3.8, 4) is 6.07 Å². The first-order chi connectivity index (χ1) is 15.0. The Bertz CT molecular complexity index is 988. The number of methoxy groups -OCH3 is 1. The monoisotopic (exact) mass is 417 g/mol. The normalized spacial score (nSPS) is 19.8. The number of piperidine rings is 1. The summed E-state index contributed by atoms with van der Waals surface area (Å²) in [4.78, 5) is 27.2. The Kier molecular flexibility index (Phi) is 6.06. The summed E-state index contributed by atoms with van der Waals surface area (Å²) in [6.07, 6.45) is 4.78. The zero-order valence-electron chi connectivity index (χ0n) is 17.8. The Labute approximate surface area is 182 Å². The lowest BCUT2D eigenvalue weighted by Gasteiger charge is -2.35. The molecule has 1 aliphatic carbocycles. The molecule has 1 saturated carbocycles. The van der Waals surface area contributed by atoms with Crippen LogP contribution in [-0.2, 0) is 21.6 Å². The molecule has 1 N–H and O–H groups in total. The Hall–Kier alpha value is -3.17. The number of nitrogens with zero attached hydrogens (tertiary/aromatic N) is 2. The predicted octanol–water partition coefficient (Wildman–Crippen LogP) is 3.50. The number of ether oxygens (including phenoxy) is 1. The number of hydrogen-bond acceptors (Lipinski definition) is 5. The molecule has 0 unspecified atom stereocenters. The van der Waals surface area contributed by atoms with Gasteiger partial charge >= 0.3 is 5.97 Å². The fourth-order valence-electron chi connectivity index (χ4n) is 4.37. The molecule has 1 heterocycles. The number of esters is 1. The molecule has 1 atom stereocenters. The van der Waals surface area contributed by atoms with Crippen molar-refractivity contribution in [1.82, 2.24) is 10.2 Å². The topological polar surface area (TPSA) is 82.4 Å². The average Bonchev–Trinajstić information content (AvgIpc) is 3.60. The van der Waals surface area contributed by atoms with Crippen LogP contribution in [0.5, 0.6) is 0 Å². The summed E-state index contributed by atoms with van der Waals surface area (Å²) in [6.45, 7) is 1.59. The summed E-state index contributed by atoms with van der Waals surface area (Å²) < 4.78 is 4.76. The Morgan fingerprint density at radius 3 is 2.45 bits per heavy atom. The largest absolute Gasteiger partial charge is 0.465 e. The molecule has 2 fully saturated rings. The van der Waals surface area contributed by atoms with E-state index < -0.39 is 0 Å². The van der Waals surface area contributed by atoms with Crippen LogP contribution in [0.25, 0.3) is 0 Å². The van der Waals surface area contributed by atoms with E-state index in [-0.39, 0.29) is 23.5 Å². The van der Waals surface area contributed by atoms with Gasteiger partial charge in [0.1, 0.15) is 0 Å². The van der Waals surface area contributed by atoms with Crippen LogP contribution in [-0.4, -0.2) is 36.5 Å². The van der Waals surface area contributed by atoms with Crippen molar-refractivity contribution in [3.05, 3.63) is 70.8 Å². The molecule has 31 heavy (non-hydrogen) atoms. The fraction of sp³-hybridized carbons (Fsp3) is 0.400. The van der Waals surface area contributed by atoms with Gasteiger partial charge in [-0.05, 0) is 67.6 Å². The van der Waals surface area contributed by atoms with Gasteiger partial charge in [-0.15, -0.1) is 0 Å². The van der Waals surface area contributed by atoms with Gasteiger partial charge in [-0.1, -0.05) is 30.7 Å². The third kappa shape index (κ3) is 4.62. The van der Waals surface area contributed by atoms with E-state index in [0.717, 1.165) is 49.8 Å². The van der Waals surface area contributed by atoms with Gasteiger partial charge in [0.05, 0.1) is 35.9 Å². The molecule has 0 radical (unpaired) electrons. The third-order valence-electron chi connectivity index (χ3n) is 6.36. The second-order valence-corrected chi connectivity index (χ2v) is 8.43. The van der Waals surface area contributed by atoms with Crippen molar-refractivity contribution >= 4 is 11.9 Å².